The predicted octanol–water partition coefficient (Wildman–Crippen LogP) is 1.27. The third kappa shape index (κ3) is 3.18. The molecule has 118 valence electrons. The van der Waals surface area contributed by atoms with Crippen molar-refractivity contribution >= 4 is 10.2 Å². The molecular formula is C14H29N3O2S. The highest BCUT2D eigenvalue weighted by Crippen LogP contribution is 2.30. The van der Waals surface area contributed by atoms with Gasteiger partial charge in [0, 0.05) is 32.2 Å². The molecule has 2 fully saturated rings. The second-order valence-corrected chi connectivity index (χ2v) is 8.69. The molecule has 4 atom stereocenters. The molecule has 0 radical (unpaired) electrons. The van der Waals surface area contributed by atoms with Gasteiger partial charge in [-0.05, 0) is 37.0 Å². The smallest absolute Gasteiger partial charge is 0.282 e. The minimum Gasteiger partial charge on any atom is -0.329 e. The van der Waals surface area contributed by atoms with Crippen LogP contribution in [-0.2, 0) is 10.2 Å². The molecule has 0 aromatic rings. The maximum Gasteiger partial charge on any atom is 0.282 e. The van der Waals surface area contributed by atoms with E-state index in [1.54, 1.807) is 8.61 Å². The molecule has 2 rings (SSSR count). The van der Waals surface area contributed by atoms with Crippen molar-refractivity contribution in [3.05, 3.63) is 0 Å². The topological polar surface area (TPSA) is 66.6 Å². The first kappa shape index (κ1) is 16.2. The van der Waals surface area contributed by atoms with Crippen LogP contribution in [0.5, 0.6) is 0 Å². The molecule has 2 aliphatic rings. The van der Waals surface area contributed by atoms with E-state index in [1.807, 2.05) is 0 Å². The first-order valence-electron chi connectivity index (χ1n) is 7.83. The Morgan fingerprint density at radius 2 is 1.75 bits per heavy atom. The van der Waals surface area contributed by atoms with Crippen LogP contribution >= 0.6 is 0 Å². The predicted molar refractivity (Wildman–Crippen MR) is 81.4 cm³/mol. The van der Waals surface area contributed by atoms with Gasteiger partial charge in [-0.3, -0.25) is 0 Å². The lowest BCUT2D eigenvalue weighted by Gasteiger charge is -2.43. The average Bonchev–Trinajstić information content (AvgIpc) is 2.37. The average molecular weight is 303 g/mol. The molecule has 2 saturated heterocycles. The Morgan fingerprint density at radius 1 is 1.15 bits per heavy atom. The van der Waals surface area contributed by atoms with Crippen LogP contribution in [0.15, 0.2) is 0 Å². The van der Waals surface area contributed by atoms with E-state index < -0.39 is 10.2 Å². The van der Waals surface area contributed by atoms with E-state index in [9.17, 15) is 8.42 Å². The van der Waals surface area contributed by atoms with Crippen molar-refractivity contribution in [3.8, 4) is 0 Å². The normalized spacial score (nSPS) is 38.0. The third-order valence-electron chi connectivity index (χ3n) is 4.76. The molecule has 0 spiro atoms. The SMILES string of the molecule is CC1CC(C)CN(S(=O)(=O)N2CCCC(C)C2CN)C1. The van der Waals surface area contributed by atoms with Crippen molar-refractivity contribution in [2.45, 2.75) is 46.1 Å². The second kappa shape index (κ2) is 6.30. The third-order valence-corrected chi connectivity index (χ3v) is 6.76. The van der Waals surface area contributed by atoms with Crippen LogP contribution < -0.4 is 5.73 Å². The van der Waals surface area contributed by atoms with Crippen molar-refractivity contribution in [1.29, 1.82) is 0 Å². The van der Waals surface area contributed by atoms with Crippen LogP contribution in [0.25, 0.3) is 0 Å². The fourth-order valence-corrected chi connectivity index (χ4v) is 5.97. The number of nitrogens with zero attached hydrogens (tertiary/aromatic N) is 2. The van der Waals surface area contributed by atoms with Gasteiger partial charge in [-0.2, -0.15) is 17.0 Å². The van der Waals surface area contributed by atoms with E-state index in [0.29, 0.717) is 43.9 Å². The van der Waals surface area contributed by atoms with Gasteiger partial charge in [0.25, 0.3) is 10.2 Å². The summed E-state index contributed by atoms with van der Waals surface area (Å²) in [6.45, 7) is 8.71. The van der Waals surface area contributed by atoms with Gasteiger partial charge in [0.1, 0.15) is 0 Å². The van der Waals surface area contributed by atoms with Gasteiger partial charge in [0.05, 0.1) is 0 Å². The number of nitrogens with two attached hydrogens (primary N) is 1. The lowest BCUT2D eigenvalue weighted by atomic mass is 9.93. The van der Waals surface area contributed by atoms with Gasteiger partial charge >= 0.3 is 0 Å². The highest BCUT2D eigenvalue weighted by Gasteiger charge is 2.40. The molecule has 0 aromatic carbocycles. The van der Waals surface area contributed by atoms with Gasteiger partial charge in [0.15, 0.2) is 0 Å². The maximum atomic E-state index is 12.9. The fraction of sp³-hybridized carbons (Fsp3) is 1.00. The van der Waals surface area contributed by atoms with Crippen LogP contribution in [0, 0.1) is 17.8 Å². The van der Waals surface area contributed by atoms with Gasteiger partial charge in [-0.25, -0.2) is 0 Å². The van der Waals surface area contributed by atoms with E-state index in [0.717, 1.165) is 19.3 Å². The summed E-state index contributed by atoms with van der Waals surface area (Å²) < 4.78 is 29.2. The van der Waals surface area contributed by atoms with Crippen LogP contribution in [0.3, 0.4) is 0 Å². The van der Waals surface area contributed by atoms with E-state index in [1.165, 1.54) is 0 Å². The van der Waals surface area contributed by atoms with Crippen molar-refractivity contribution in [1.82, 2.24) is 8.61 Å². The highest BCUT2D eigenvalue weighted by atomic mass is 32.2. The first-order valence-corrected chi connectivity index (χ1v) is 9.23. The Kier molecular flexibility index (Phi) is 5.10. The Morgan fingerprint density at radius 3 is 2.30 bits per heavy atom. The quantitative estimate of drug-likeness (QED) is 0.854. The molecular weight excluding hydrogens is 274 g/mol. The molecule has 6 heteroatoms. The van der Waals surface area contributed by atoms with Crippen LogP contribution in [-0.4, -0.2) is 49.2 Å². The lowest BCUT2D eigenvalue weighted by molar-refractivity contribution is 0.160. The van der Waals surface area contributed by atoms with E-state index in [2.05, 4.69) is 20.8 Å². The molecule has 2 heterocycles. The van der Waals surface area contributed by atoms with E-state index in [4.69, 9.17) is 5.73 Å². The molecule has 0 bridgehead atoms. The summed E-state index contributed by atoms with van der Waals surface area (Å²) in [6.07, 6.45) is 3.12. The molecule has 2 N–H and O–H groups in total. The zero-order valence-electron chi connectivity index (χ0n) is 13.0. The fourth-order valence-electron chi connectivity index (χ4n) is 3.79. The summed E-state index contributed by atoms with van der Waals surface area (Å²) in [4.78, 5) is 0. The van der Waals surface area contributed by atoms with Crippen LogP contribution in [0.2, 0.25) is 0 Å². The molecule has 0 saturated carbocycles. The Bertz CT molecular complexity index is 416. The van der Waals surface area contributed by atoms with Gasteiger partial charge in [0.2, 0.25) is 0 Å². The van der Waals surface area contributed by atoms with Crippen LogP contribution in [0.1, 0.15) is 40.0 Å². The minimum atomic E-state index is -3.36. The van der Waals surface area contributed by atoms with Crippen molar-refractivity contribution < 1.29 is 8.42 Å². The van der Waals surface area contributed by atoms with Gasteiger partial charge < -0.3 is 5.73 Å². The summed E-state index contributed by atoms with van der Waals surface area (Å²) in [5, 5.41) is 0. The zero-order chi connectivity index (χ0) is 14.9. The Labute approximate surface area is 123 Å². The molecule has 4 unspecified atom stereocenters. The molecule has 0 aromatic heterocycles. The van der Waals surface area contributed by atoms with E-state index in [-0.39, 0.29) is 6.04 Å². The molecule has 0 aliphatic carbocycles. The largest absolute Gasteiger partial charge is 0.329 e. The van der Waals surface area contributed by atoms with Crippen molar-refractivity contribution in [2.75, 3.05) is 26.2 Å². The van der Waals surface area contributed by atoms with Gasteiger partial charge in [-0.15, -0.1) is 0 Å². The standard InChI is InChI=1S/C14H29N3O2S/c1-11-7-12(2)10-16(9-11)20(18,19)17-6-4-5-13(3)14(17)8-15/h11-14H,4-10,15H2,1-3H3. The summed E-state index contributed by atoms with van der Waals surface area (Å²) >= 11 is 0. The maximum absolute atomic E-state index is 12.9. The molecule has 2 aliphatic heterocycles. The Balaban J connectivity index is 2.20. The highest BCUT2D eigenvalue weighted by molar-refractivity contribution is 7.86. The molecule has 5 nitrogen and oxygen atoms in total. The second-order valence-electron chi connectivity index (χ2n) is 6.80. The number of rotatable bonds is 3. The first-order chi connectivity index (χ1) is 9.36. The molecule has 0 amide bonds. The van der Waals surface area contributed by atoms with Crippen molar-refractivity contribution in [2.24, 2.45) is 23.5 Å². The monoisotopic (exact) mass is 303 g/mol. The number of hydrogen-bond acceptors (Lipinski definition) is 3. The summed E-state index contributed by atoms with van der Waals surface area (Å²) in [5.41, 5.74) is 5.84. The summed E-state index contributed by atoms with van der Waals surface area (Å²) in [6, 6.07) is -0.0405. The molecule has 20 heavy (non-hydrogen) atoms. The summed E-state index contributed by atoms with van der Waals surface area (Å²) in [5.74, 6) is 1.22. The minimum absolute atomic E-state index is 0.0405. The number of hydrogen-bond donors (Lipinski definition) is 1. The van der Waals surface area contributed by atoms with Gasteiger partial charge in [-0.1, -0.05) is 20.8 Å². The lowest BCUT2D eigenvalue weighted by Crippen LogP contribution is -2.57. The summed E-state index contributed by atoms with van der Waals surface area (Å²) in [7, 11) is -3.36. The zero-order valence-corrected chi connectivity index (χ0v) is 13.8. The Hall–Kier alpha value is -0.170. The van der Waals surface area contributed by atoms with Crippen molar-refractivity contribution in [3.63, 3.8) is 0 Å². The van der Waals surface area contributed by atoms with Crippen LogP contribution in [0.4, 0.5) is 0 Å². The van der Waals surface area contributed by atoms with E-state index >= 15 is 0 Å². The number of piperidine rings is 2.